The summed E-state index contributed by atoms with van der Waals surface area (Å²) in [5.41, 5.74) is 0. The quantitative estimate of drug-likeness (QED) is 0.0890. The minimum Gasteiger partial charge on any atom is -0.463 e. The fourth-order valence-electron chi connectivity index (χ4n) is 7.85. The molecule has 0 aromatic carbocycles. The van der Waals surface area contributed by atoms with E-state index in [2.05, 4.69) is 0 Å². The third kappa shape index (κ3) is 8.09. The van der Waals surface area contributed by atoms with Crippen LogP contribution in [-0.4, -0.2) is 172 Å². The lowest BCUT2D eigenvalue weighted by Gasteiger charge is -2.48. The van der Waals surface area contributed by atoms with E-state index in [1.807, 2.05) is 0 Å². The molecule has 17 unspecified atom stereocenters. The standard InChI is InChI=1S/C30H48O17/c1-10(31)43-9-22-25(40)26(41)28(47-29(42)12-3-16(34)23(38)17(35)4-12)30(46-22)45-21-5-11(2-18(36)24(21)39)27-19(37)8-14-15(33)6-13(32)7-20(14)44-27/h11-28,30,32-41H,2-9H2,1H3/p+1. The molecule has 0 amide bonds. The molecule has 17 nitrogen and oxygen atoms in total. The van der Waals surface area contributed by atoms with Gasteiger partial charge in [0.05, 0.1) is 48.5 Å². The number of ether oxygens (including phenoxy) is 5. The molecule has 0 bridgehead atoms. The zero-order valence-electron chi connectivity index (χ0n) is 26.0. The van der Waals surface area contributed by atoms with Crippen molar-refractivity contribution in [2.45, 2.75) is 150 Å². The summed E-state index contributed by atoms with van der Waals surface area (Å²) in [5, 5.41) is 105. The molecule has 2 aliphatic heterocycles. The first kappa shape index (κ1) is 36.7. The maximum atomic E-state index is 13.2. The van der Waals surface area contributed by atoms with Gasteiger partial charge in [-0.05, 0) is 32.1 Å². The lowest BCUT2D eigenvalue weighted by molar-refractivity contribution is -0.333. The SMILES string of the molecule is CC(=O)OCC1OC(OC2CC(C3[OH+]C4CC(O)CC(O)C4CC3O)CC(O)C2O)C(OC(=O)C2CC(O)C(O)C(O)C2)C(O)C1O. The number of hydrogen-bond donors (Lipinski definition) is 10. The molecule has 2 heterocycles. The highest BCUT2D eigenvalue weighted by atomic mass is 16.7. The van der Waals surface area contributed by atoms with Crippen LogP contribution < -0.4 is 0 Å². The molecule has 0 aromatic heterocycles. The Hall–Kier alpha value is -1.58. The molecule has 47 heavy (non-hydrogen) atoms. The molecule has 2 saturated heterocycles. The van der Waals surface area contributed by atoms with Gasteiger partial charge in [0.15, 0.2) is 24.6 Å². The van der Waals surface area contributed by atoms with Crippen molar-refractivity contribution in [2.75, 3.05) is 6.61 Å². The number of carbonyl (C=O) groups excluding carboxylic acids is 2. The van der Waals surface area contributed by atoms with Crippen molar-refractivity contribution in [1.82, 2.24) is 0 Å². The minimum atomic E-state index is -1.86. The van der Waals surface area contributed by atoms with Gasteiger partial charge in [-0.15, -0.1) is 0 Å². The van der Waals surface area contributed by atoms with Crippen molar-refractivity contribution < 1.29 is 84.3 Å². The van der Waals surface area contributed by atoms with Gasteiger partial charge < -0.3 is 74.7 Å². The first-order chi connectivity index (χ1) is 22.1. The lowest BCUT2D eigenvalue weighted by Crippen LogP contribution is -2.63. The molecule has 17 heteroatoms. The predicted octanol–water partition coefficient (Wildman–Crippen LogP) is -4.92. The topological polar surface area (TPSA) is 286 Å². The van der Waals surface area contributed by atoms with Crippen molar-refractivity contribution in [3.63, 3.8) is 0 Å². The highest BCUT2D eigenvalue weighted by Crippen LogP contribution is 2.41. The largest absolute Gasteiger partial charge is 0.463 e. The van der Waals surface area contributed by atoms with Crippen LogP contribution in [-0.2, 0) is 28.5 Å². The van der Waals surface area contributed by atoms with Crippen LogP contribution in [0, 0.1) is 17.8 Å². The second-order valence-corrected chi connectivity index (χ2v) is 13.9. The molecule has 11 N–H and O–H groups in total. The number of rotatable bonds is 7. The number of aliphatic hydroxyl groups is 12. The van der Waals surface area contributed by atoms with E-state index in [0.717, 1.165) is 6.92 Å². The van der Waals surface area contributed by atoms with Gasteiger partial charge in [0, 0.05) is 25.7 Å². The lowest BCUT2D eigenvalue weighted by atomic mass is 9.72. The van der Waals surface area contributed by atoms with Gasteiger partial charge in [0.2, 0.25) is 0 Å². The first-order valence-corrected chi connectivity index (χ1v) is 16.3. The fourth-order valence-corrected chi connectivity index (χ4v) is 7.85. The number of fused-ring (bicyclic) bond motifs is 1. The van der Waals surface area contributed by atoms with E-state index in [1.54, 1.807) is 0 Å². The average Bonchev–Trinajstić information content (AvgIpc) is 3.00. The molecule has 5 aliphatic rings. The Morgan fingerprint density at radius 1 is 0.723 bits per heavy atom. The molecule has 5 rings (SSSR count). The Bertz CT molecular complexity index is 1070. The molecule has 0 aromatic rings. The summed E-state index contributed by atoms with van der Waals surface area (Å²) in [6, 6.07) is 0. The maximum absolute atomic E-state index is 13.2. The Morgan fingerprint density at radius 2 is 1.38 bits per heavy atom. The minimum absolute atomic E-state index is 0.0125. The molecule has 17 atom stereocenters. The van der Waals surface area contributed by atoms with Crippen molar-refractivity contribution in [3.05, 3.63) is 0 Å². The van der Waals surface area contributed by atoms with Crippen molar-refractivity contribution >= 4 is 11.9 Å². The monoisotopic (exact) mass is 681 g/mol. The van der Waals surface area contributed by atoms with Gasteiger partial charge in [-0.2, -0.15) is 0 Å². The Morgan fingerprint density at radius 3 is 2.04 bits per heavy atom. The van der Waals surface area contributed by atoms with E-state index in [9.17, 15) is 60.7 Å². The van der Waals surface area contributed by atoms with Crippen molar-refractivity contribution in [1.29, 1.82) is 0 Å². The van der Waals surface area contributed by atoms with E-state index in [1.165, 1.54) is 0 Å². The average molecular weight is 682 g/mol. The summed E-state index contributed by atoms with van der Waals surface area (Å²) in [7, 11) is 0. The number of hydrogen-bond acceptors (Lipinski definition) is 16. The second kappa shape index (κ2) is 15.1. The smallest absolute Gasteiger partial charge is 0.309 e. The van der Waals surface area contributed by atoms with Crippen LogP contribution >= 0.6 is 0 Å². The molecule has 0 radical (unpaired) electrons. The molecular weight excluding hydrogens is 632 g/mol. The van der Waals surface area contributed by atoms with E-state index < -0.39 is 128 Å². The number of aliphatic hydroxyl groups excluding tert-OH is 10. The summed E-state index contributed by atoms with van der Waals surface area (Å²) in [4.78, 5) is 24.6. The summed E-state index contributed by atoms with van der Waals surface area (Å²) in [6.07, 6.45) is -20.3. The van der Waals surface area contributed by atoms with Crippen molar-refractivity contribution in [3.8, 4) is 0 Å². The molecule has 3 aliphatic carbocycles. The van der Waals surface area contributed by atoms with Crippen LogP contribution in [0.25, 0.3) is 0 Å². The summed E-state index contributed by atoms with van der Waals surface area (Å²) >= 11 is 0. The first-order valence-electron chi connectivity index (χ1n) is 16.3. The molecular formula is C30H49O17+. The van der Waals surface area contributed by atoms with Crippen LogP contribution in [0.4, 0.5) is 0 Å². The van der Waals surface area contributed by atoms with Crippen LogP contribution in [0.1, 0.15) is 51.9 Å². The summed E-state index contributed by atoms with van der Waals surface area (Å²) < 4.78 is 27.1. The Kier molecular flexibility index (Phi) is 11.8. The van der Waals surface area contributed by atoms with Gasteiger partial charge in [-0.25, -0.2) is 0 Å². The summed E-state index contributed by atoms with van der Waals surface area (Å²) in [6.45, 7) is 0.606. The molecule has 5 fully saturated rings. The van der Waals surface area contributed by atoms with Crippen molar-refractivity contribution in [2.24, 2.45) is 17.8 Å². The maximum Gasteiger partial charge on any atom is 0.309 e. The van der Waals surface area contributed by atoms with Gasteiger partial charge in [-0.3, -0.25) is 9.59 Å². The number of esters is 2. The Labute approximate surface area is 270 Å². The highest BCUT2D eigenvalue weighted by molar-refractivity contribution is 5.73. The molecule has 3 saturated carbocycles. The summed E-state index contributed by atoms with van der Waals surface area (Å²) in [5.74, 6) is -3.69. The third-order valence-electron chi connectivity index (χ3n) is 10.5. The zero-order valence-corrected chi connectivity index (χ0v) is 26.0. The van der Waals surface area contributed by atoms with E-state index in [0.29, 0.717) is 6.42 Å². The molecule has 270 valence electrons. The van der Waals surface area contributed by atoms with E-state index in [4.69, 9.17) is 23.7 Å². The molecule has 0 spiro atoms. The third-order valence-corrected chi connectivity index (χ3v) is 10.5. The van der Waals surface area contributed by atoms with Crippen LogP contribution in [0.15, 0.2) is 0 Å². The van der Waals surface area contributed by atoms with E-state index in [-0.39, 0.29) is 44.4 Å². The fraction of sp³-hybridized carbons (Fsp3) is 0.933. The van der Waals surface area contributed by atoms with Crippen LogP contribution in [0.5, 0.6) is 0 Å². The van der Waals surface area contributed by atoms with Crippen LogP contribution in [0.3, 0.4) is 0 Å². The van der Waals surface area contributed by atoms with Crippen LogP contribution in [0.2, 0.25) is 0 Å². The van der Waals surface area contributed by atoms with Gasteiger partial charge in [0.1, 0.15) is 43.2 Å². The highest BCUT2D eigenvalue weighted by Gasteiger charge is 2.55. The van der Waals surface area contributed by atoms with Gasteiger partial charge in [-0.1, -0.05) is 0 Å². The van der Waals surface area contributed by atoms with Gasteiger partial charge in [0.25, 0.3) is 0 Å². The zero-order chi connectivity index (χ0) is 34.3. The predicted molar refractivity (Wildman–Crippen MR) is 153 cm³/mol. The number of carbonyl (C=O) groups is 2. The second-order valence-electron chi connectivity index (χ2n) is 13.9. The van der Waals surface area contributed by atoms with Gasteiger partial charge >= 0.3 is 11.9 Å². The normalized spacial score (nSPS) is 50.7. The Balaban J connectivity index is 1.33. The van der Waals surface area contributed by atoms with E-state index >= 15 is 0 Å².